The number of alkyl halides is 3. The van der Waals surface area contributed by atoms with Crippen molar-refractivity contribution in [2.24, 2.45) is 0 Å². The Balaban J connectivity index is 2.26. The molecule has 0 aliphatic carbocycles. The molecule has 0 aromatic heterocycles. The zero-order valence-electron chi connectivity index (χ0n) is 14.7. The molecule has 2 N–H and O–H groups in total. The van der Waals surface area contributed by atoms with Crippen molar-refractivity contribution in [1.82, 2.24) is 10.6 Å². The molecule has 0 bridgehead atoms. The maximum absolute atomic E-state index is 12.8. The van der Waals surface area contributed by atoms with Crippen molar-refractivity contribution in [3.05, 3.63) is 71.3 Å². The smallest absolute Gasteiger partial charge is 0.416 e. The van der Waals surface area contributed by atoms with Crippen molar-refractivity contribution in [1.29, 1.82) is 0 Å². The fourth-order valence-electron chi connectivity index (χ4n) is 2.28. The topological polar surface area (TPSA) is 84.5 Å². The van der Waals surface area contributed by atoms with Crippen molar-refractivity contribution in [2.45, 2.75) is 19.2 Å². The number of hydrogen-bond donors (Lipinski definition) is 2. The van der Waals surface area contributed by atoms with Crippen LogP contribution in [-0.4, -0.2) is 24.5 Å². The maximum Gasteiger partial charge on any atom is 0.416 e. The first-order chi connectivity index (χ1) is 13.2. The van der Waals surface area contributed by atoms with Crippen molar-refractivity contribution in [3.63, 3.8) is 0 Å². The van der Waals surface area contributed by atoms with Gasteiger partial charge in [0.1, 0.15) is 0 Å². The Kier molecular flexibility index (Phi) is 6.75. The first kappa shape index (κ1) is 20.9. The fourth-order valence-corrected chi connectivity index (χ4v) is 2.28. The summed E-state index contributed by atoms with van der Waals surface area (Å²) < 4.78 is 43.7. The van der Waals surface area contributed by atoms with Gasteiger partial charge in [-0.1, -0.05) is 36.4 Å². The summed E-state index contributed by atoms with van der Waals surface area (Å²) in [5.41, 5.74) is -1.14. The Bertz CT molecular complexity index is 854. The number of amides is 3. The molecule has 0 aliphatic heterocycles. The molecule has 0 saturated heterocycles. The highest BCUT2D eigenvalue weighted by Crippen LogP contribution is 2.30. The second-order valence-corrected chi connectivity index (χ2v) is 5.62. The number of rotatable bonds is 5. The van der Waals surface area contributed by atoms with Gasteiger partial charge in [0.15, 0.2) is 0 Å². The van der Waals surface area contributed by atoms with E-state index in [-0.39, 0.29) is 17.7 Å². The van der Waals surface area contributed by atoms with Gasteiger partial charge in [0, 0.05) is 12.1 Å². The van der Waals surface area contributed by atoms with Crippen molar-refractivity contribution >= 4 is 17.9 Å². The highest BCUT2D eigenvalue weighted by atomic mass is 19.4. The summed E-state index contributed by atoms with van der Waals surface area (Å²) in [4.78, 5) is 36.3. The molecule has 148 valence electrons. The summed E-state index contributed by atoms with van der Waals surface area (Å²) in [5.74, 6) is -2.07. The normalized spacial score (nSPS) is 12.0. The Morgan fingerprint density at radius 2 is 1.71 bits per heavy atom. The minimum Gasteiger partial charge on any atom is -0.444 e. The second-order valence-electron chi connectivity index (χ2n) is 5.62. The third kappa shape index (κ3) is 5.57. The molecule has 28 heavy (non-hydrogen) atoms. The molecule has 2 rings (SSSR count). The summed E-state index contributed by atoms with van der Waals surface area (Å²) in [6, 6.07) is 10.7. The Morgan fingerprint density at radius 1 is 1.04 bits per heavy atom. The number of hydrogen-bond acceptors (Lipinski definition) is 4. The molecular weight excluding hydrogens is 377 g/mol. The van der Waals surface area contributed by atoms with E-state index in [0.29, 0.717) is 6.07 Å². The number of carbonyl (C=O) groups is 3. The average Bonchev–Trinajstić information content (AvgIpc) is 2.66. The van der Waals surface area contributed by atoms with E-state index in [4.69, 9.17) is 4.74 Å². The molecule has 0 radical (unpaired) electrons. The number of carbonyl (C=O) groups excluding carboxylic acids is 3. The molecule has 0 heterocycles. The van der Waals surface area contributed by atoms with Crippen LogP contribution in [0.5, 0.6) is 0 Å². The van der Waals surface area contributed by atoms with Crippen molar-refractivity contribution < 1.29 is 32.3 Å². The minimum atomic E-state index is -4.63. The van der Waals surface area contributed by atoms with E-state index < -0.39 is 35.8 Å². The van der Waals surface area contributed by atoms with Crippen molar-refractivity contribution in [3.8, 4) is 0 Å². The van der Waals surface area contributed by atoms with Crippen LogP contribution in [0.4, 0.5) is 18.0 Å². The van der Waals surface area contributed by atoms with Crippen LogP contribution in [0.2, 0.25) is 0 Å². The summed E-state index contributed by atoms with van der Waals surface area (Å²) in [6.45, 7) is 1.91. The zero-order chi connectivity index (χ0) is 20.7. The third-order valence-electron chi connectivity index (χ3n) is 3.57. The van der Waals surface area contributed by atoms with Gasteiger partial charge in [0.05, 0.1) is 11.1 Å². The number of ether oxygens (including phenoxy) is 1. The highest BCUT2D eigenvalue weighted by molar-refractivity contribution is 5.99. The molecule has 0 unspecified atom stereocenters. The van der Waals surface area contributed by atoms with Crippen molar-refractivity contribution in [2.75, 3.05) is 6.54 Å². The molecule has 2 aromatic carbocycles. The average molecular weight is 394 g/mol. The number of halogens is 3. The van der Waals surface area contributed by atoms with E-state index >= 15 is 0 Å². The number of esters is 1. The molecule has 6 nitrogen and oxygen atoms in total. The van der Waals surface area contributed by atoms with Crippen LogP contribution >= 0.6 is 0 Å². The third-order valence-corrected chi connectivity index (χ3v) is 3.57. The van der Waals surface area contributed by atoms with Crippen LogP contribution in [0.3, 0.4) is 0 Å². The van der Waals surface area contributed by atoms with E-state index in [9.17, 15) is 27.6 Å². The molecule has 1 atom stereocenters. The van der Waals surface area contributed by atoms with Crippen LogP contribution in [-0.2, 0) is 15.7 Å². The van der Waals surface area contributed by atoms with Gasteiger partial charge < -0.3 is 10.1 Å². The quantitative estimate of drug-likeness (QED) is 0.761. The number of imide groups is 1. The largest absolute Gasteiger partial charge is 0.444 e. The van der Waals surface area contributed by atoms with E-state index in [1.54, 1.807) is 25.1 Å². The van der Waals surface area contributed by atoms with Gasteiger partial charge in [-0.25, -0.2) is 9.59 Å². The molecule has 0 spiro atoms. The van der Waals surface area contributed by atoms with Gasteiger partial charge in [-0.3, -0.25) is 10.1 Å². The van der Waals surface area contributed by atoms with Crippen LogP contribution in [0.1, 0.15) is 34.5 Å². The lowest BCUT2D eigenvalue weighted by molar-refractivity contribution is -0.137. The van der Waals surface area contributed by atoms with Crippen LogP contribution < -0.4 is 10.6 Å². The molecule has 9 heteroatoms. The Hall–Kier alpha value is -3.36. The predicted molar refractivity (Wildman–Crippen MR) is 93.3 cm³/mol. The molecular formula is C19H17F3N2O4. The Labute approximate surface area is 158 Å². The SMILES string of the molecule is CCNC(=O)NC(=O)[C@H](OC(=O)c1cccc(C(F)(F)F)c1)c1ccccc1. The highest BCUT2D eigenvalue weighted by Gasteiger charge is 2.32. The maximum atomic E-state index is 12.8. The summed E-state index contributed by atoms with van der Waals surface area (Å²) in [6.07, 6.45) is -6.16. The van der Waals surface area contributed by atoms with Crippen LogP contribution in [0, 0.1) is 0 Å². The number of nitrogens with one attached hydrogen (secondary N) is 2. The second kappa shape index (κ2) is 9.03. The summed E-state index contributed by atoms with van der Waals surface area (Å²) >= 11 is 0. The summed E-state index contributed by atoms with van der Waals surface area (Å²) in [7, 11) is 0. The lowest BCUT2D eigenvalue weighted by Crippen LogP contribution is -2.42. The number of benzene rings is 2. The van der Waals surface area contributed by atoms with Gasteiger partial charge in [0.25, 0.3) is 5.91 Å². The summed E-state index contributed by atoms with van der Waals surface area (Å²) in [5, 5.41) is 4.38. The monoisotopic (exact) mass is 394 g/mol. The molecule has 0 saturated carbocycles. The van der Waals surface area contributed by atoms with E-state index in [0.717, 1.165) is 18.2 Å². The molecule has 0 aliphatic rings. The molecule has 3 amide bonds. The van der Waals surface area contributed by atoms with Gasteiger partial charge in [-0.15, -0.1) is 0 Å². The fraction of sp³-hybridized carbons (Fsp3) is 0.211. The zero-order valence-corrected chi connectivity index (χ0v) is 14.7. The first-order valence-corrected chi connectivity index (χ1v) is 8.24. The van der Waals surface area contributed by atoms with Crippen LogP contribution in [0.25, 0.3) is 0 Å². The lowest BCUT2D eigenvalue weighted by Gasteiger charge is -2.18. The van der Waals surface area contributed by atoms with Gasteiger partial charge >= 0.3 is 18.2 Å². The van der Waals surface area contributed by atoms with Gasteiger partial charge in [-0.05, 0) is 25.1 Å². The molecule has 0 fully saturated rings. The van der Waals surface area contributed by atoms with Crippen LogP contribution in [0.15, 0.2) is 54.6 Å². The first-order valence-electron chi connectivity index (χ1n) is 8.24. The molecule has 2 aromatic rings. The number of urea groups is 1. The standard InChI is InChI=1S/C19H17F3N2O4/c1-2-23-18(27)24-16(25)15(12-7-4-3-5-8-12)28-17(26)13-9-6-10-14(11-13)19(20,21)22/h3-11,15H,2H2,1H3,(H2,23,24,25,27)/t15-/m1/s1. The predicted octanol–water partition coefficient (Wildman–Crippen LogP) is 3.45. The lowest BCUT2D eigenvalue weighted by atomic mass is 10.1. The van der Waals surface area contributed by atoms with Gasteiger partial charge in [-0.2, -0.15) is 13.2 Å². The van der Waals surface area contributed by atoms with E-state index in [1.165, 1.54) is 12.1 Å². The van der Waals surface area contributed by atoms with E-state index in [1.807, 2.05) is 5.32 Å². The van der Waals surface area contributed by atoms with E-state index in [2.05, 4.69) is 5.32 Å². The Morgan fingerprint density at radius 3 is 2.32 bits per heavy atom. The van der Waals surface area contributed by atoms with Gasteiger partial charge in [0.2, 0.25) is 6.10 Å². The minimum absolute atomic E-state index is 0.254.